The van der Waals surface area contributed by atoms with Crippen LogP contribution in [0.1, 0.15) is 27.3 Å². The van der Waals surface area contributed by atoms with Gasteiger partial charge in [-0.1, -0.05) is 24.3 Å². The van der Waals surface area contributed by atoms with Crippen LogP contribution in [-0.4, -0.2) is 46.1 Å². The van der Waals surface area contributed by atoms with Crippen molar-refractivity contribution in [2.45, 2.75) is 13.8 Å². The Morgan fingerprint density at radius 1 is 1.08 bits per heavy atom. The van der Waals surface area contributed by atoms with Gasteiger partial charge in [0.15, 0.2) is 0 Å². The average molecular weight is 508 g/mol. The highest BCUT2D eigenvalue weighted by atomic mass is 32.2. The van der Waals surface area contributed by atoms with Crippen LogP contribution in [0.2, 0.25) is 0 Å². The van der Waals surface area contributed by atoms with Gasteiger partial charge in [-0.15, -0.1) is 0 Å². The van der Waals surface area contributed by atoms with Gasteiger partial charge in [-0.05, 0) is 67.6 Å². The molecule has 0 spiro atoms. The fourth-order valence-electron chi connectivity index (χ4n) is 3.93. The highest BCUT2D eigenvalue weighted by Crippen LogP contribution is 2.34. The fourth-order valence-corrected chi connectivity index (χ4v) is 4.76. The summed E-state index contributed by atoms with van der Waals surface area (Å²) in [6.45, 7) is 3.15. The van der Waals surface area contributed by atoms with Crippen LogP contribution in [0, 0.1) is 19.7 Å². The van der Waals surface area contributed by atoms with Crippen LogP contribution >= 0.6 is 11.8 Å². The molecule has 2 aromatic carbocycles. The number of aryl methyl sites for hydroxylation is 1. The molecule has 0 atom stereocenters. The average Bonchev–Trinajstić information content (AvgIpc) is 3.28. The number of imide groups is 1. The summed E-state index contributed by atoms with van der Waals surface area (Å²) in [5, 5.41) is 1.77. The number of halogens is 1. The SMILES string of the molecule is COC(=O)c1ccccc1-n1c(C)cc(C=C2SC(=O)N(CC(=O)Nc3ccccc3F)C2=O)c1C. The number of nitrogens with one attached hydrogen (secondary N) is 1. The van der Waals surface area contributed by atoms with Crippen molar-refractivity contribution in [2.24, 2.45) is 0 Å². The summed E-state index contributed by atoms with van der Waals surface area (Å²) in [7, 11) is 1.31. The van der Waals surface area contributed by atoms with Crippen LogP contribution in [0.5, 0.6) is 0 Å². The molecule has 1 N–H and O–H groups in total. The second-order valence-electron chi connectivity index (χ2n) is 7.97. The Balaban J connectivity index is 1.58. The fraction of sp³-hybridized carbons (Fsp3) is 0.154. The molecule has 1 saturated heterocycles. The van der Waals surface area contributed by atoms with Gasteiger partial charge in [0.05, 0.1) is 29.0 Å². The Bertz CT molecular complexity index is 1430. The zero-order valence-electron chi connectivity index (χ0n) is 19.7. The van der Waals surface area contributed by atoms with Crippen molar-refractivity contribution in [2.75, 3.05) is 19.0 Å². The predicted molar refractivity (Wildman–Crippen MR) is 134 cm³/mol. The van der Waals surface area contributed by atoms with E-state index in [0.717, 1.165) is 28.0 Å². The summed E-state index contributed by atoms with van der Waals surface area (Å²) in [6.07, 6.45) is 1.58. The lowest BCUT2D eigenvalue weighted by Gasteiger charge is -2.13. The first-order chi connectivity index (χ1) is 17.2. The molecule has 2 heterocycles. The van der Waals surface area contributed by atoms with Crippen LogP contribution in [0.15, 0.2) is 59.5 Å². The van der Waals surface area contributed by atoms with E-state index >= 15 is 0 Å². The van der Waals surface area contributed by atoms with Gasteiger partial charge >= 0.3 is 5.97 Å². The lowest BCUT2D eigenvalue weighted by atomic mass is 10.1. The van der Waals surface area contributed by atoms with E-state index in [4.69, 9.17) is 4.74 Å². The number of thioether (sulfide) groups is 1. The van der Waals surface area contributed by atoms with Crippen LogP contribution in [0.4, 0.5) is 14.9 Å². The standard InChI is InChI=1S/C26H22FN3O5S/c1-15-12-17(16(2)30(15)21-11-7-4-8-18(21)25(33)35-3)13-22-24(32)29(26(34)36-22)14-23(31)28-20-10-6-5-9-19(20)27/h4-13H,14H2,1-3H3,(H,28,31). The van der Waals surface area contributed by atoms with E-state index in [1.54, 1.807) is 36.4 Å². The topological polar surface area (TPSA) is 97.7 Å². The van der Waals surface area contributed by atoms with Crippen molar-refractivity contribution < 1.29 is 28.3 Å². The molecule has 8 nitrogen and oxygen atoms in total. The number of para-hydroxylation sites is 2. The number of hydrogen-bond donors (Lipinski definition) is 1. The molecule has 36 heavy (non-hydrogen) atoms. The molecule has 0 aliphatic carbocycles. The van der Waals surface area contributed by atoms with Crippen LogP contribution < -0.4 is 5.32 Å². The molecule has 184 valence electrons. The largest absolute Gasteiger partial charge is 0.465 e. The Morgan fingerprint density at radius 2 is 1.78 bits per heavy atom. The number of benzene rings is 2. The predicted octanol–water partition coefficient (Wildman–Crippen LogP) is 4.69. The van der Waals surface area contributed by atoms with E-state index in [9.17, 15) is 23.6 Å². The minimum absolute atomic E-state index is 0.0373. The molecular weight excluding hydrogens is 485 g/mol. The highest BCUT2D eigenvalue weighted by Gasteiger charge is 2.36. The molecule has 3 amide bonds. The zero-order chi connectivity index (χ0) is 26.0. The number of methoxy groups -OCH3 is 1. The molecule has 1 aromatic heterocycles. The molecule has 3 aromatic rings. The number of nitrogens with zero attached hydrogens (tertiary/aromatic N) is 2. The molecule has 0 unspecified atom stereocenters. The number of hydrogen-bond acceptors (Lipinski definition) is 6. The summed E-state index contributed by atoms with van der Waals surface area (Å²) in [4.78, 5) is 51.0. The Hall–Kier alpha value is -4.18. The number of anilines is 1. The molecule has 1 fully saturated rings. The first kappa shape index (κ1) is 24.9. The minimum atomic E-state index is -0.693. The summed E-state index contributed by atoms with van der Waals surface area (Å²) < 4.78 is 20.6. The third-order valence-electron chi connectivity index (χ3n) is 5.63. The van der Waals surface area contributed by atoms with Gasteiger partial charge in [-0.2, -0.15) is 0 Å². The summed E-state index contributed by atoms with van der Waals surface area (Å²) in [6, 6.07) is 14.4. The molecule has 0 radical (unpaired) electrons. The van der Waals surface area contributed by atoms with Crippen molar-refractivity contribution in [1.82, 2.24) is 9.47 Å². The Labute approximate surface area is 210 Å². The maximum atomic E-state index is 13.8. The van der Waals surface area contributed by atoms with E-state index in [-0.39, 0.29) is 10.6 Å². The number of rotatable bonds is 6. The van der Waals surface area contributed by atoms with E-state index < -0.39 is 35.4 Å². The van der Waals surface area contributed by atoms with Crippen molar-refractivity contribution in [1.29, 1.82) is 0 Å². The van der Waals surface area contributed by atoms with Gasteiger partial charge in [-0.25, -0.2) is 9.18 Å². The molecule has 10 heteroatoms. The van der Waals surface area contributed by atoms with Gasteiger partial charge in [0.25, 0.3) is 11.1 Å². The zero-order valence-corrected chi connectivity index (χ0v) is 20.5. The number of amides is 3. The van der Waals surface area contributed by atoms with Gasteiger partial charge in [0.2, 0.25) is 5.91 Å². The number of carbonyl (C=O) groups is 4. The first-order valence-corrected chi connectivity index (χ1v) is 11.7. The molecule has 0 saturated carbocycles. The van der Waals surface area contributed by atoms with Crippen molar-refractivity contribution in [3.63, 3.8) is 0 Å². The third kappa shape index (κ3) is 4.80. The van der Waals surface area contributed by atoms with E-state index in [1.165, 1.54) is 25.3 Å². The van der Waals surface area contributed by atoms with Gasteiger partial charge in [0.1, 0.15) is 12.4 Å². The highest BCUT2D eigenvalue weighted by molar-refractivity contribution is 8.18. The number of aromatic nitrogens is 1. The Kier molecular flexibility index (Phi) is 7.07. The number of ether oxygens (including phenoxy) is 1. The van der Waals surface area contributed by atoms with Gasteiger partial charge < -0.3 is 14.6 Å². The van der Waals surface area contributed by atoms with E-state index in [1.807, 2.05) is 24.5 Å². The normalized spacial score (nSPS) is 14.4. The minimum Gasteiger partial charge on any atom is -0.465 e. The molecular formula is C26H22FN3O5S. The van der Waals surface area contributed by atoms with Gasteiger partial charge in [0, 0.05) is 11.4 Å². The molecule has 4 rings (SSSR count). The van der Waals surface area contributed by atoms with Crippen molar-refractivity contribution in [3.8, 4) is 5.69 Å². The third-order valence-corrected chi connectivity index (χ3v) is 6.54. The summed E-state index contributed by atoms with van der Waals surface area (Å²) in [5.74, 6) is -2.41. The summed E-state index contributed by atoms with van der Waals surface area (Å²) in [5.41, 5.74) is 3.19. The summed E-state index contributed by atoms with van der Waals surface area (Å²) >= 11 is 0.720. The molecule has 0 bridgehead atoms. The monoisotopic (exact) mass is 507 g/mol. The Morgan fingerprint density at radius 3 is 2.50 bits per heavy atom. The molecule has 1 aliphatic rings. The first-order valence-electron chi connectivity index (χ1n) is 10.9. The quantitative estimate of drug-likeness (QED) is 0.384. The van der Waals surface area contributed by atoms with E-state index in [0.29, 0.717) is 16.8 Å². The van der Waals surface area contributed by atoms with Gasteiger partial charge in [-0.3, -0.25) is 19.3 Å². The maximum absolute atomic E-state index is 13.8. The molecule has 1 aliphatic heterocycles. The lowest BCUT2D eigenvalue weighted by molar-refractivity contribution is -0.127. The van der Waals surface area contributed by atoms with Crippen LogP contribution in [-0.2, 0) is 14.3 Å². The second-order valence-corrected chi connectivity index (χ2v) is 8.96. The number of carbonyl (C=O) groups excluding carboxylic acids is 4. The number of esters is 1. The smallest absolute Gasteiger partial charge is 0.339 e. The van der Waals surface area contributed by atoms with E-state index in [2.05, 4.69) is 5.32 Å². The van der Waals surface area contributed by atoms with Crippen LogP contribution in [0.3, 0.4) is 0 Å². The van der Waals surface area contributed by atoms with Crippen molar-refractivity contribution in [3.05, 3.63) is 87.8 Å². The van der Waals surface area contributed by atoms with Crippen molar-refractivity contribution >= 4 is 46.5 Å². The van der Waals surface area contributed by atoms with Crippen LogP contribution in [0.25, 0.3) is 11.8 Å². The lowest BCUT2D eigenvalue weighted by Crippen LogP contribution is -2.36. The maximum Gasteiger partial charge on any atom is 0.339 e. The second kappa shape index (κ2) is 10.2.